The lowest BCUT2D eigenvalue weighted by Gasteiger charge is -2.30. The van der Waals surface area contributed by atoms with E-state index in [-0.39, 0.29) is 6.04 Å². The van der Waals surface area contributed by atoms with Crippen molar-refractivity contribution in [3.63, 3.8) is 0 Å². The molecule has 3 heterocycles. The van der Waals surface area contributed by atoms with Gasteiger partial charge in [0.05, 0.1) is 23.3 Å². The molecule has 0 aliphatic carbocycles. The lowest BCUT2D eigenvalue weighted by atomic mass is 10.1. The molecule has 114 valence electrons. The van der Waals surface area contributed by atoms with Gasteiger partial charge in [-0.2, -0.15) is 10.1 Å². The third-order valence-corrected chi connectivity index (χ3v) is 4.17. The molecule has 7 heteroatoms. The molecule has 1 atom stereocenters. The van der Waals surface area contributed by atoms with Crippen molar-refractivity contribution in [2.45, 2.75) is 13.0 Å². The first kappa shape index (κ1) is 13.4. The van der Waals surface area contributed by atoms with Gasteiger partial charge in [-0.25, -0.2) is 0 Å². The van der Waals surface area contributed by atoms with Gasteiger partial charge < -0.3 is 9.84 Å². The number of rotatable bonds is 2. The number of H-pyrrole nitrogens is 1. The highest BCUT2D eigenvalue weighted by atomic mass is 16.5. The number of piperazine rings is 1. The van der Waals surface area contributed by atoms with Crippen molar-refractivity contribution in [2.24, 2.45) is 0 Å². The highest BCUT2D eigenvalue weighted by molar-refractivity contribution is 5.91. The molecule has 7 nitrogen and oxygen atoms in total. The summed E-state index contributed by atoms with van der Waals surface area (Å²) in [6, 6.07) is 4.27. The minimum atomic E-state index is 0.147. The molecule has 1 aliphatic rings. The predicted octanol–water partition coefficient (Wildman–Crippen LogP) is 1.50. The molecule has 22 heavy (non-hydrogen) atoms. The molecule has 1 aromatic carbocycles. The van der Waals surface area contributed by atoms with Gasteiger partial charge in [-0.1, -0.05) is 5.16 Å². The molecule has 2 N–H and O–H groups in total. The molecule has 1 saturated heterocycles. The Balaban J connectivity index is 1.75. The zero-order chi connectivity index (χ0) is 15.1. The number of hydrogen-bond donors (Lipinski definition) is 2. The van der Waals surface area contributed by atoms with Crippen LogP contribution in [-0.4, -0.2) is 51.9 Å². The van der Waals surface area contributed by atoms with E-state index in [1.165, 1.54) is 0 Å². The van der Waals surface area contributed by atoms with Crippen LogP contribution in [0.15, 0.2) is 22.9 Å². The van der Waals surface area contributed by atoms with E-state index in [0.717, 1.165) is 47.5 Å². The fourth-order valence-corrected chi connectivity index (χ4v) is 2.95. The molecule has 3 aromatic rings. The second-order valence-electron chi connectivity index (χ2n) is 5.80. The van der Waals surface area contributed by atoms with Crippen LogP contribution in [0.5, 0.6) is 0 Å². The Hall–Kier alpha value is -2.25. The van der Waals surface area contributed by atoms with Crippen LogP contribution >= 0.6 is 0 Å². The van der Waals surface area contributed by atoms with E-state index in [9.17, 15) is 0 Å². The number of likely N-dealkylation sites (N-methyl/N-ethyl adjacent to an activating group) is 1. The molecule has 0 spiro atoms. The summed E-state index contributed by atoms with van der Waals surface area (Å²) < 4.78 is 5.52. The molecule has 1 aliphatic heterocycles. The number of hydrogen-bond acceptors (Lipinski definition) is 6. The van der Waals surface area contributed by atoms with Gasteiger partial charge in [-0.3, -0.25) is 10.00 Å². The van der Waals surface area contributed by atoms with E-state index >= 15 is 0 Å². The first-order valence-corrected chi connectivity index (χ1v) is 7.41. The predicted molar refractivity (Wildman–Crippen MR) is 82.4 cm³/mol. The van der Waals surface area contributed by atoms with Crippen LogP contribution < -0.4 is 5.32 Å². The average molecular weight is 298 g/mol. The lowest BCUT2D eigenvalue weighted by Crippen LogP contribution is -2.44. The van der Waals surface area contributed by atoms with E-state index in [2.05, 4.69) is 43.7 Å². The smallest absolute Gasteiger partial charge is 0.260 e. The fourth-order valence-electron chi connectivity index (χ4n) is 2.95. The molecule has 0 saturated carbocycles. The van der Waals surface area contributed by atoms with Gasteiger partial charge in [-0.15, -0.1) is 0 Å². The van der Waals surface area contributed by atoms with E-state index in [0.29, 0.717) is 5.89 Å². The number of fused-ring (bicyclic) bond motifs is 1. The van der Waals surface area contributed by atoms with Crippen LogP contribution in [-0.2, 0) is 0 Å². The van der Waals surface area contributed by atoms with Crippen molar-refractivity contribution >= 4 is 10.9 Å². The topological polar surface area (TPSA) is 82.9 Å². The van der Waals surface area contributed by atoms with E-state index < -0.39 is 0 Å². The zero-order valence-corrected chi connectivity index (χ0v) is 12.6. The van der Waals surface area contributed by atoms with E-state index in [4.69, 9.17) is 4.52 Å². The Kier molecular flexibility index (Phi) is 3.16. The van der Waals surface area contributed by atoms with Gasteiger partial charge in [0.25, 0.3) is 5.89 Å². The molecule has 4 rings (SSSR count). The van der Waals surface area contributed by atoms with Crippen molar-refractivity contribution in [1.29, 1.82) is 0 Å². The fraction of sp³-hybridized carbons (Fsp3) is 0.400. The third kappa shape index (κ3) is 2.18. The average Bonchev–Trinajstić information content (AvgIpc) is 3.15. The molecule has 0 bridgehead atoms. The Morgan fingerprint density at radius 3 is 3.14 bits per heavy atom. The number of nitrogens with one attached hydrogen (secondary N) is 2. The second kappa shape index (κ2) is 5.19. The highest BCUT2D eigenvalue weighted by Gasteiger charge is 2.26. The molecule has 0 radical (unpaired) electrons. The largest absolute Gasteiger partial charge is 0.334 e. The molecule has 1 fully saturated rings. The summed E-state index contributed by atoms with van der Waals surface area (Å²) in [5, 5.41) is 15.7. The van der Waals surface area contributed by atoms with Crippen LogP contribution in [0.2, 0.25) is 0 Å². The van der Waals surface area contributed by atoms with Crippen molar-refractivity contribution in [3.8, 4) is 11.5 Å². The molecule has 0 amide bonds. The van der Waals surface area contributed by atoms with Gasteiger partial charge in [0.1, 0.15) is 0 Å². The number of nitrogens with zero attached hydrogens (tertiary/aromatic N) is 4. The molecule has 2 aromatic heterocycles. The Morgan fingerprint density at radius 2 is 2.27 bits per heavy atom. The minimum absolute atomic E-state index is 0.147. The summed E-state index contributed by atoms with van der Waals surface area (Å²) in [5.41, 5.74) is 2.97. The molecular weight excluding hydrogens is 280 g/mol. The summed E-state index contributed by atoms with van der Waals surface area (Å²) >= 11 is 0. The molecule has 1 unspecified atom stereocenters. The SMILES string of the molecule is Cc1cc(-c2nc(C3CNCCN3C)no2)c2[nH]ncc2c1. The maximum Gasteiger partial charge on any atom is 0.260 e. The molecular formula is C15H18N6O. The second-order valence-corrected chi connectivity index (χ2v) is 5.80. The van der Waals surface area contributed by atoms with Gasteiger partial charge in [0, 0.05) is 25.0 Å². The number of aromatic amines is 1. The van der Waals surface area contributed by atoms with Crippen LogP contribution in [0.3, 0.4) is 0 Å². The summed E-state index contributed by atoms with van der Waals surface area (Å²) in [5.74, 6) is 1.26. The summed E-state index contributed by atoms with van der Waals surface area (Å²) in [7, 11) is 2.08. The number of aryl methyl sites for hydroxylation is 1. The first-order chi connectivity index (χ1) is 10.7. The van der Waals surface area contributed by atoms with Gasteiger partial charge >= 0.3 is 0 Å². The Labute approximate surface area is 127 Å². The third-order valence-electron chi connectivity index (χ3n) is 4.17. The van der Waals surface area contributed by atoms with E-state index in [1.807, 2.05) is 19.2 Å². The quantitative estimate of drug-likeness (QED) is 0.746. The number of benzene rings is 1. The Morgan fingerprint density at radius 1 is 1.36 bits per heavy atom. The van der Waals surface area contributed by atoms with Crippen molar-refractivity contribution in [3.05, 3.63) is 29.7 Å². The van der Waals surface area contributed by atoms with Crippen molar-refractivity contribution in [2.75, 3.05) is 26.7 Å². The number of aromatic nitrogens is 4. The van der Waals surface area contributed by atoms with Crippen LogP contribution in [0, 0.1) is 6.92 Å². The maximum absolute atomic E-state index is 5.52. The summed E-state index contributed by atoms with van der Waals surface area (Å²) in [6.07, 6.45) is 1.81. The monoisotopic (exact) mass is 298 g/mol. The van der Waals surface area contributed by atoms with Crippen LogP contribution in [0.4, 0.5) is 0 Å². The lowest BCUT2D eigenvalue weighted by molar-refractivity contribution is 0.190. The van der Waals surface area contributed by atoms with Crippen molar-refractivity contribution < 1.29 is 4.52 Å². The normalized spacial score (nSPS) is 19.8. The summed E-state index contributed by atoms with van der Waals surface area (Å²) in [4.78, 5) is 6.86. The zero-order valence-electron chi connectivity index (χ0n) is 12.6. The minimum Gasteiger partial charge on any atom is -0.334 e. The standard InChI is InChI=1S/C15H18N6O/c1-9-5-10-7-17-19-13(10)11(6-9)15-18-14(20-22-15)12-8-16-3-4-21(12)2/h5-7,12,16H,3-4,8H2,1-2H3,(H,17,19). The van der Waals surface area contributed by atoms with Gasteiger partial charge in [0.15, 0.2) is 5.82 Å². The summed E-state index contributed by atoms with van der Waals surface area (Å²) in [6.45, 7) is 4.85. The van der Waals surface area contributed by atoms with Gasteiger partial charge in [0.2, 0.25) is 0 Å². The van der Waals surface area contributed by atoms with Crippen molar-refractivity contribution in [1.82, 2.24) is 30.6 Å². The van der Waals surface area contributed by atoms with E-state index in [1.54, 1.807) is 0 Å². The first-order valence-electron chi connectivity index (χ1n) is 7.41. The van der Waals surface area contributed by atoms with Crippen LogP contribution in [0.25, 0.3) is 22.4 Å². The Bertz CT molecular complexity index is 807. The van der Waals surface area contributed by atoms with Crippen LogP contribution in [0.1, 0.15) is 17.4 Å². The maximum atomic E-state index is 5.52. The van der Waals surface area contributed by atoms with Gasteiger partial charge in [-0.05, 0) is 31.7 Å². The highest BCUT2D eigenvalue weighted by Crippen LogP contribution is 2.29.